The van der Waals surface area contributed by atoms with Crippen LogP contribution in [0, 0.1) is 10.1 Å². The Morgan fingerprint density at radius 2 is 2.16 bits per heavy atom. The summed E-state index contributed by atoms with van der Waals surface area (Å²) in [6, 6.07) is 7.97. The summed E-state index contributed by atoms with van der Waals surface area (Å²) in [5, 5.41) is 24.8. The first-order valence-corrected chi connectivity index (χ1v) is 6.24. The molecule has 2 rings (SSSR count). The van der Waals surface area contributed by atoms with Gasteiger partial charge >= 0.3 is 11.7 Å². The van der Waals surface area contributed by atoms with Gasteiger partial charge in [0.25, 0.3) is 0 Å². The molecule has 0 atom stereocenters. The molecule has 0 saturated carbocycles. The number of nitrogens with zero attached hydrogens (tertiary/aromatic N) is 1. The molecule has 0 aliphatic heterocycles. The van der Waals surface area contributed by atoms with E-state index < -0.39 is 16.6 Å². The maximum absolute atomic E-state index is 11.0. The lowest BCUT2D eigenvalue weighted by Crippen LogP contribution is -2.07. The van der Waals surface area contributed by atoms with Gasteiger partial charge in [0.2, 0.25) is 0 Å². The number of nitro benzene ring substituents is 1. The van der Waals surface area contributed by atoms with Crippen LogP contribution in [0.3, 0.4) is 0 Å². The van der Waals surface area contributed by atoms with Crippen LogP contribution >= 0.6 is 11.3 Å². The minimum absolute atomic E-state index is 0.207. The first-order chi connectivity index (χ1) is 9.09. The van der Waals surface area contributed by atoms with Gasteiger partial charge in [0.05, 0.1) is 4.92 Å². The third-order valence-corrected chi connectivity index (χ3v) is 3.36. The number of thiophene rings is 1. The van der Waals surface area contributed by atoms with Crippen molar-refractivity contribution in [3.63, 3.8) is 0 Å². The average Bonchev–Trinajstić information content (AvgIpc) is 2.88. The second-order valence-electron chi connectivity index (χ2n) is 3.70. The Kier molecular flexibility index (Phi) is 3.76. The van der Waals surface area contributed by atoms with Gasteiger partial charge in [-0.25, -0.2) is 4.79 Å². The first-order valence-electron chi connectivity index (χ1n) is 5.36. The van der Waals surface area contributed by atoms with E-state index in [0.29, 0.717) is 6.54 Å². The van der Waals surface area contributed by atoms with Crippen molar-refractivity contribution in [2.24, 2.45) is 0 Å². The minimum atomic E-state index is -1.31. The largest absolute Gasteiger partial charge is 0.477 e. The fraction of sp³-hybridized carbons (Fsp3) is 0.0833. The fourth-order valence-electron chi connectivity index (χ4n) is 1.65. The Bertz CT molecular complexity index is 610. The van der Waals surface area contributed by atoms with E-state index in [2.05, 4.69) is 5.32 Å². The van der Waals surface area contributed by atoms with E-state index in [1.54, 1.807) is 0 Å². The molecule has 0 radical (unpaired) electrons. The summed E-state index contributed by atoms with van der Waals surface area (Å²) < 4.78 is 0. The van der Waals surface area contributed by atoms with E-state index in [-0.39, 0.29) is 11.3 Å². The Labute approximate surface area is 112 Å². The quantitative estimate of drug-likeness (QED) is 0.648. The SMILES string of the molecule is O=C(O)c1cccc(NCc2cccs2)c1[N+](=O)[O-]. The molecule has 2 N–H and O–H groups in total. The number of carboxylic acid groups (broad SMARTS) is 1. The number of hydrogen-bond donors (Lipinski definition) is 2. The first kappa shape index (κ1) is 13.0. The zero-order valence-electron chi connectivity index (χ0n) is 9.70. The molecule has 19 heavy (non-hydrogen) atoms. The maximum atomic E-state index is 11.0. The third kappa shape index (κ3) is 2.89. The van der Waals surface area contributed by atoms with Crippen LogP contribution in [0.5, 0.6) is 0 Å². The summed E-state index contributed by atoms with van der Waals surface area (Å²) in [7, 11) is 0. The number of carbonyl (C=O) groups is 1. The Balaban J connectivity index is 2.31. The van der Waals surface area contributed by atoms with E-state index in [1.165, 1.54) is 29.5 Å². The minimum Gasteiger partial charge on any atom is -0.477 e. The molecule has 0 fully saturated rings. The molecule has 2 aromatic rings. The number of rotatable bonds is 5. The van der Waals surface area contributed by atoms with Crippen molar-refractivity contribution in [2.45, 2.75) is 6.54 Å². The van der Waals surface area contributed by atoms with Gasteiger partial charge in [-0.2, -0.15) is 0 Å². The lowest BCUT2D eigenvalue weighted by atomic mass is 10.1. The van der Waals surface area contributed by atoms with E-state index in [4.69, 9.17) is 5.11 Å². The number of benzene rings is 1. The lowest BCUT2D eigenvalue weighted by Gasteiger charge is -2.07. The van der Waals surface area contributed by atoms with Crippen LogP contribution in [0.4, 0.5) is 11.4 Å². The number of carboxylic acids is 1. The summed E-state index contributed by atoms with van der Waals surface area (Å²) >= 11 is 1.52. The monoisotopic (exact) mass is 278 g/mol. The number of para-hydroxylation sites is 1. The second-order valence-corrected chi connectivity index (χ2v) is 4.73. The Hall–Kier alpha value is -2.41. The van der Waals surface area contributed by atoms with E-state index in [1.807, 2.05) is 17.5 Å². The molecule has 0 saturated heterocycles. The third-order valence-electron chi connectivity index (χ3n) is 2.48. The summed E-state index contributed by atoms with van der Waals surface area (Å²) in [6.45, 7) is 0.418. The van der Waals surface area contributed by atoms with Gasteiger partial charge in [-0.15, -0.1) is 11.3 Å². The van der Waals surface area contributed by atoms with Crippen molar-refractivity contribution in [3.05, 3.63) is 56.3 Å². The average molecular weight is 278 g/mol. The summed E-state index contributed by atoms with van der Waals surface area (Å²) in [5.41, 5.74) is -0.522. The molecule has 1 aromatic carbocycles. The Morgan fingerprint density at radius 1 is 1.37 bits per heavy atom. The standard InChI is InChI=1S/C12H10N2O4S/c15-12(16)9-4-1-5-10(11(9)14(17)18)13-7-8-3-2-6-19-8/h1-6,13H,7H2,(H,15,16). The van der Waals surface area contributed by atoms with E-state index >= 15 is 0 Å². The Morgan fingerprint density at radius 3 is 2.74 bits per heavy atom. The highest BCUT2D eigenvalue weighted by molar-refractivity contribution is 7.09. The van der Waals surface area contributed by atoms with E-state index in [9.17, 15) is 14.9 Å². The maximum Gasteiger partial charge on any atom is 0.342 e. The molecule has 0 spiro atoms. The highest BCUT2D eigenvalue weighted by Crippen LogP contribution is 2.29. The molecule has 7 heteroatoms. The van der Waals surface area contributed by atoms with Crippen molar-refractivity contribution in [1.29, 1.82) is 0 Å². The number of anilines is 1. The van der Waals surface area contributed by atoms with Crippen molar-refractivity contribution in [3.8, 4) is 0 Å². The zero-order chi connectivity index (χ0) is 13.8. The predicted octanol–water partition coefficient (Wildman–Crippen LogP) is 2.97. The lowest BCUT2D eigenvalue weighted by molar-refractivity contribution is -0.384. The molecule has 0 amide bonds. The van der Waals surface area contributed by atoms with Crippen LogP contribution < -0.4 is 5.32 Å². The van der Waals surface area contributed by atoms with Gasteiger partial charge < -0.3 is 10.4 Å². The topological polar surface area (TPSA) is 92.5 Å². The van der Waals surface area contributed by atoms with Crippen molar-refractivity contribution >= 4 is 28.7 Å². The van der Waals surface area contributed by atoms with Crippen LogP contribution in [0.1, 0.15) is 15.2 Å². The molecular formula is C12H10N2O4S. The molecule has 0 aliphatic carbocycles. The van der Waals surface area contributed by atoms with Gasteiger partial charge in [-0.05, 0) is 23.6 Å². The van der Waals surface area contributed by atoms with Gasteiger partial charge in [-0.1, -0.05) is 12.1 Å². The summed E-state index contributed by atoms with van der Waals surface area (Å²) in [5.74, 6) is -1.31. The molecule has 6 nitrogen and oxygen atoms in total. The smallest absolute Gasteiger partial charge is 0.342 e. The van der Waals surface area contributed by atoms with Gasteiger partial charge in [-0.3, -0.25) is 10.1 Å². The van der Waals surface area contributed by atoms with Crippen LogP contribution in [0.2, 0.25) is 0 Å². The second kappa shape index (κ2) is 5.49. The van der Waals surface area contributed by atoms with Crippen molar-refractivity contribution in [1.82, 2.24) is 0 Å². The number of hydrogen-bond acceptors (Lipinski definition) is 5. The van der Waals surface area contributed by atoms with Gasteiger partial charge in [0.1, 0.15) is 11.3 Å². The molecule has 0 unspecified atom stereocenters. The van der Waals surface area contributed by atoms with E-state index in [0.717, 1.165) is 4.88 Å². The molecule has 98 valence electrons. The molecule has 1 heterocycles. The zero-order valence-corrected chi connectivity index (χ0v) is 10.5. The molecular weight excluding hydrogens is 268 g/mol. The highest BCUT2D eigenvalue weighted by Gasteiger charge is 2.23. The predicted molar refractivity (Wildman–Crippen MR) is 71.7 cm³/mol. The van der Waals surface area contributed by atoms with Gasteiger partial charge in [0, 0.05) is 11.4 Å². The summed E-state index contributed by atoms with van der Waals surface area (Å²) in [4.78, 5) is 22.3. The van der Waals surface area contributed by atoms with Crippen LogP contribution in [-0.2, 0) is 6.54 Å². The normalized spacial score (nSPS) is 10.1. The number of nitro groups is 1. The molecule has 1 aromatic heterocycles. The van der Waals surface area contributed by atoms with Crippen LogP contribution in [0.15, 0.2) is 35.7 Å². The molecule has 0 bridgehead atoms. The number of nitrogens with one attached hydrogen (secondary N) is 1. The molecule has 0 aliphatic rings. The number of aromatic carboxylic acids is 1. The fourth-order valence-corrected chi connectivity index (χ4v) is 2.30. The van der Waals surface area contributed by atoms with Crippen molar-refractivity contribution < 1.29 is 14.8 Å². The summed E-state index contributed by atoms with van der Waals surface area (Å²) in [6.07, 6.45) is 0. The van der Waals surface area contributed by atoms with Crippen LogP contribution in [-0.4, -0.2) is 16.0 Å². The van der Waals surface area contributed by atoms with Crippen molar-refractivity contribution in [2.75, 3.05) is 5.32 Å². The highest BCUT2D eigenvalue weighted by atomic mass is 32.1. The van der Waals surface area contributed by atoms with Crippen LogP contribution in [0.25, 0.3) is 0 Å². The van der Waals surface area contributed by atoms with Gasteiger partial charge in [0.15, 0.2) is 0 Å².